The molecule has 2 heterocycles. The average molecular weight is 359 g/mol. The second kappa shape index (κ2) is 6.30. The molecule has 2 saturated heterocycles. The van der Waals surface area contributed by atoms with Crippen molar-refractivity contribution in [1.29, 1.82) is 0 Å². The molecule has 7 nitrogen and oxygen atoms in total. The van der Waals surface area contributed by atoms with Crippen molar-refractivity contribution in [2.45, 2.75) is 38.3 Å². The number of urea groups is 1. The first-order valence-corrected chi connectivity index (χ1v) is 8.76. The summed E-state index contributed by atoms with van der Waals surface area (Å²) in [6.07, 6.45) is -0.0958. The van der Waals surface area contributed by atoms with Gasteiger partial charge in [0.2, 0.25) is 0 Å². The smallest absolute Gasteiger partial charge is 0.410 e. The lowest BCUT2D eigenvalue weighted by atomic mass is 9.87. The quantitative estimate of drug-likeness (QED) is 0.759. The molecule has 3 rings (SSSR count). The van der Waals surface area contributed by atoms with Crippen LogP contribution >= 0.6 is 0 Å². The maximum atomic E-state index is 13.0. The first-order valence-electron chi connectivity index (χ1n) is 8.76. The molecule has 1 atom stereocenters. The molecular weight excluding hydrogens is 334 g/mol. The van der Waals surface area contributed by atoms with E-state index in [1.807, 2.05) is 30.3 Å². The third-order valence-electron chi connectivity index (χ3n) is 4.77. The lowest BCUT2D eigenvalue weighted by Gasteiger charge is -2.44. The highest BCUT2D eigenvalue weighted by Crippen LogP contribution is 2.34. The van der Waals surface area contributed by atoms with E-state index >= 15 is 0 Å². The first-order chi connectivity index (χ1) is 12.1. The third kappa shape index (κ3) is 3.13. The zero-order valence-corrected chi connectivity index (χ0v) is 15.7. The molecule has 7 heteroatoms. The van der Waals surface area contributed by atoms with Crippen LogP contribution in [0.15, 0.2) is 30.3 Å². The Morgan fingerprint density at radius 2 is 1.81 bits per heavy atom. The number of benzene rings is 1. The summed E-state index contributed by atoms with van der Waals surface area (Å²) in [5.41, 5.74) is -0.755. The summed E-state index contributed by atoms with van der Waals surface area (Å²) in [5, 5.41) is 0. The Morgan fingerprint density at radius 3 is 2.42 bits per heavy atom. The number of amides is 4. The molecule has 26 heavy (non-hydrogen) atoms. The zero-order valence-electron chi connectivity index (χ0n) is 15.7. The van der Waals surface area contributed by atoms with Crippen molar-refractivity contribution < 1.29 is 19.1 Å². The Kier molecular flexibility index (Phi) is 4.42. The zero-order chi connectivity index (χ0) is 19.1. The fraction of sp³-hybridized carbons (Fsp3) is 0.526. The van der Waals surface area contributed by atoms with E-state index in [0.29, 0.717) is 19.5 Å². The van der Waals surface area contributed by atoms with Crippen LogP contribution in [0.5, 0.6) is 0 Å². The predicted octanol–water partition coefficient (Wildman–Crippen LogP) is 2.11. The molecular formula is C19H25N3O4. The highest BCUT2D eigenvalue weighted by molar-refractivity contribution is 6.07. The molecule has 0 spiro atoms. The van der Waals surface area contributed by atoms with Gasteiger partial charge in [-0.05, 0) is 26.3 Å². The van der Waals surface area contributed by atoms with Crippen molar-refractivity contribution in [2.24, 2.45) is 0 Å². The number of carbonyl (C=O) groups is 3. The van der Waals surface area contributed by atoms with Gasteiger partial charge in [-0.1, -0.05) is 30.3 Å². The fourth-order valence-corrected chi connectivity index (χ4v) is 3.60. The van der Waals surface area contributed by atoms with Gasteiger partial charge < -0.3 is 14.5 Å². The number of imide groups is 1. The van der Waals surface area contributed by atoms with Gasteiger partial charge in [-0.25, -0.2) is 9.59 Å². The summed E-state index contributed by atoms with van der Waals surface area (Å²) in [6, 6.07) is 9.24. The average Bonchev–Trinajstić information content (AvgIpc) is 2.75. The van der Waals surface area contributed by atoms with Crippen LogP contribution in [0.3, 0.4) is 0 Å². The van der Waals surface area contributed by atoms with Crippen molar-refractivity contribution >= 4 is 18.0 Å². The maximum Gasteiger partial charge on any atom is 0.410 e. The second-order valence-electron chi connectivity index (χ2n) is 7.89. The van der Waals surface area contributed by atoms with Crippen LogP contribution in [0.4, 0.5) is 9.59 Å². The van der Waals surface area contributed by atoms with Crippen LogP contribution in [0.2, 0.25) is 0 Å². The van der Waals surface area contributed by atoms with E-state index in [4.69, 9.17) is 4.74 Å². The van der Waals surface area contributed by atoms with Gasteiger partial charge in [0.25, 0.3) is 5.91 Å². The summed E-state index contributed by atoms with van der Waals surface area (Å²) in [6.45, 7) is 6.20. The highest BCUT2D eigenvalue weighted by Gasteiger charge is 2.59. The molecule has 0 aromatic heterocycles. The largest absolute Gasteiger partial charge is 0.444 e. The Labute approximate surface area is 153 Å². The molecule has 2 aliphatic rings. The Morgan fingerprint density at radius 1 is 1.15 bits per heavy atom. The molecule has 2 aliphatic heterocycles. The molecule has 0 bridgehead atoms. The Balaban J connectivity index is 1.92. The van der Waals surface area contributed by atoms with Crippen molar-refractivity contribution in [1.82, 2.24) is 14.7 Å². The lowest BCUT2D eigenvalue weighted by molar-refractivity contribution is -0.134. The molecule has 0 radical (unpaired) electrons. The SMILES string of the molecule is CN1C(=O)N2CCN(C(=O)OC(C)(C)C)CC2(Cc2ccccc2)C1=O. The van der Waals surface area contributed by atoms with Gasteiger partial charge in [0.05, 0.1) is 6.54 Å². The van der Waals surface area contributed by atoms with Gasteiger partial charge in [0.1, 0.15) is 11.1 Å². The van der Waals surface area contributed by atoms with E-state index < -0.39 is 17.2 Å². The van der Waals surface area contributed by atoms with Crippen molar-refractivity contribution in [2.75, 3.05) is 26.7 Å². The standard InChI is InChI=1S/C19H25N3O4/c1-18(2,3)26-17(25)21-10-11-22-16(24)20(4)15(23)19(22,13-21)12-14-8-6-5-7-9-14/h5-9H,10-13H2,1-4H3. The van der Waals surface area contributed by atoms with Crippen LogP contribution in [0, 0.1) is 0 Å². The van der Waals surface area contributed by atoms with Gasteiger partial charge in [-0.2, -0.15) is 0 Å². The van der Waals surface area contributed by atoms with E-state index in [1.165, 1.54) is 11.9 Å². The number of rotatable bonds is 2. The molecule has 1 aromatic rings. The molecule has 2 fully saturated rings. The molecule has 0 N–H and O–H groups in total. The van der Waals surface area contributed by atoms with Gasteiger partial charge in [-0.3, -0.25) is 9.69 Å². The van der Waals surface area contributed by atoms with Gasteiger partial charge in [0, 0.05) is 26.6 Å². The molecule has 0 saturated carbocycles. The van der Waals surface area contributed by atoms with Gasteiger partial charge in [-0.15, -0.1) is 0 Å². The minimum Gasteiger partial charge on any atom is -0.444 e. The third-order valence-corrected chi connectivity index (χ3v) is 4.77. The first kappa shape index (κ1) is 18.2. The predicted molar refractivity (Wildman–Crippen MR) is 95.6 cm³/mol. The number of carbonyl (C=O) groups excluding carboxylic acids is 3. The van der Waals surface area contributed by atoms with Crippen molar-refractivity contribution in [3.63, 3.8) is 0 Å². The van der Waals surface area contributed by atoms with Gasteiger partial charge in [0.15, 0.2) is 0 Å². The van der Waals surface area contributed by atoms with Crippen molar-refractivity contribution in [3.05, 3.63) is 35.9 Å². The summed E-state index contributed by atoms with van der Waals surface area (Å²) in [5.74, 6) is -0.278. The number of likely N-dealkylation sites (N-methyl/N-ethyl adjacent to an activating group) is 1. The minimum absolute atomic E-state index is 0.131. The number of hydrogen-bond donors (Lipinski definition) is 0. The van der Waals surface area contributed by atoms with E-state index in [0.717, 1.165) is 10.5 Å². The monoisotopic (exact) mass is 359 g/mol. The summed E-state index contributed by atoms with van der Waals surface area (Å²) in [4.78, 5) is 42.4. The lowest BCUT2D eigenvalue weighted by Crippen LogP contribution is -2.65. The van der Waals surface area contributed by atoms with E-state index in [2.05, 4.69) is 0 Å². The molecule has 0 aliphatic carbocycles. The summed E-state index contributed by atoms with van der Waals surface area (Å²) < 4.78 is 5.47. The van der Waals surface area contributed by atoms with E-state index in [9.17, 15) is 14.4 Å². The number of piperazine rings is 1. The summed E-state index contributed by atoms with van der Waals surface area (Å²) in [7, 11) is 1.49. The van der Waals surface area contributed by atoms with Crippen LogP contribution < -0.4 is 0 Å². The van der Waals surface area contributed by atoms with Crippen LogP contribution in [-0.4, -0.2) is 70.6 Å². The summed E-state index contributed by atoms with van der Waals surface area (Å²) >= 11 is 0. The van der Waals surface area contributed by atoms with E-state index in [1.54, 1.807) is 25.7 Å². The van der Waals surface area contributed by atoms with Crippen LogP contribution in [0.25, 0.3) is 0 Å². The number of fused-ring (bicyclic) bond motifs is 1. The topological polar surface area (TPSA) is 70.2 Å². The van der Waals surface area contributed by atoms with Gasteiger partial charge >= 0.3 is 12.1 Å². The highest BCUT2D eigenvalue weighted by atomic mass is 16.6. The second-order valence-corrected chi connectivity index (χ2v) is 7.89. The van der Waals surface area contributed by atoms with E-state index in [-0.39, 0.29) is 18.5 Å². The minimum atomic E-state index is -1.08. The van der Waals surface area contributed by atoms with Crippen molar-refractivity contribution in [3.8, 4) is 0 Å². The Bertz CT molecular complexity index is 728. The van der Waals surface area contributed by atoms with Crippen LogP contribution in [0.1, 0.15) is 26.3 Å². The molecule has 1 aromatic carbocycles. The number of nitrogens with zero attached hydrogens (tertiary/aromatic N) is 3. The number of hydrogen-bond acceptors (Lipinski definition) is 4. The van der Waals surface area contributed by atoms with Crippen LogP contribution in [-0.2, 0) is 16.0 Å². The molecule has 140 valence electrons. The molecule has 4 amide bonds. The normalized spacial score (nSPS) is 23.3. The maximum absolute atomic E-state index is 13.0. The Hall–Kier alpha value is -2.57. The number of ether oxygens (including phenoxy) is 1. The molecule has 1 unspecified atom stereocenters. The fourth-order valence-electron chi connectivity index (χ4n) is 3.60.